The minimum atomic E-state index is 0.845. The molecule has 0 radical (unpaired) electrons. The van der Waals surface area contributed by atoms with Crippen molar-refractivity contribution in [3.05, 3.63) is 46.2 Å². The summed E-state index contributed by atoms with van der Waals surface area (Å²) in [5.74, 6) is 0. The SMILES string of the molecule is CNCc1ccc(N(C)Cc2cnn(C)c2)c(Br)c1. The normalized spacial score (nSPS) is 10.7. The molecule has 19 heavy (non-hydrogen) atoms. The molecule has 0 aliphatic rings. The summed E-state index contributed by atoms with van der Waals surface area (Å²) < 4.78 is 2.94. The summed E-state index contributed by atoms with van der Waals surface area (Å²) in [5.41, 5.74) is 3.66. The molecule has 2 aromatic rings. The van der Waals surface area contributed by atoms with Gasteiger partial charge in [-0.25, -0.2) is 0 Å². The summed E-state index contributed by atoms with van der Waals surface area (Å²) in [5, 5.41) is 7.35. The van der Waals surface area contributed by atoms with E-state index in [1.807, 2.05) is 31.2 Å². The van der Waals surface area contributed by atoms with Crippen molar-refractivity contribution in [2.24, 2.45) is 7.05 Å². The van der Waals surface area contributed by atoms with Crippen LogP contribution in [0, 0.1) is 0 Å². The monoisotopic (exact) mass is 322 g/mol. The van der Waals surface area contributed by atoms with Gasteiger partial charge in [-0.2, -0.15) is 5.10 Å². The lowest BCUT2D eigenvalue weighted by molar-refractivity contribution is 0.766. The summed E-state index contributed by atoms with van der Waals surface area (Å²) in [6.45, 7) is 1.73. The Labute approximate surface area is 122 Å². The number of benzene rings is 1. The summed E-state index contributed by atoms with van der Waals surface area (Å²) in [6, 6.07) is 6.45. The van der Waals surface area contributed by atoms with Gasteiger partial charge in [0.15, 0.2) is 0 Å². The van der Waals surface area contributed by atoms with Crippen LogP contribution in [0.25, 0.3) is 0 Å². The van der Waals surface area contributed by atoms with Gasteiger partial charge in [-0.1, -0.05) is 6.07 Å². The number of rotatable bonds is 5. The fourth-order valence-electron chi connectivity index (χ4n) is 2.09. The molecule has 4 nitrogen and oxygen atoms in total. The quantitative estimate of drug-likeness (QED) is 0.918. The van der Waals surface area contributed by atoms with E-state index >= 15 is 0 Å². The predicted molar refractivity (Wildman–Crippen MR) is 82.2 cm³/mol. The number of nitrogens with one attached hydrogen (secondary N) is 1. The van der Waals surface area contributed by atoms with Crippen molar-refractivity contribution in [3.63, 3.8) is 0 Å². The molecule has 0 aliphatic heterocycles. The minimum absolute atomic E-state index is 0.845. The van der Waals surface area contributed by atoms with E-state index < -0.39 is 0 Å². The maximum Gasteiger partial charge on any atom is 0.0539 e. The standard InChI is InChI=1S/C14H19BrN4/c1-16-7-11-4-5-14(13(15)6-11)18(2)9-12-8-17-19(3)10-12/h4-6,8,10,16H,7,9H2,1-3H3. The van der Waals surface area contributed by atoms with E-state index in [-0.39, 0.29) is 0 Å². The van der Waals surface area contributed by atoms with E-state index in [4.69, 9.17) is 0 Å². The maximum atomic E-state index is 4.19. The molecule has 0 bridgehead atoms. The lowest BCUT2D eigenvalue weighted by Crippen LogP contribution is -2.16. The maximum absolute atomic E-state index is 4.19. The highest BCUT2D eigenvalue weighted by Gasteiger charge is 2.08. The van der Waals surface area contributed by atoms with Crippen LogP contribution < -0.4 is 10.2 Å². The number of anilines is 1. The molecule has 0 saturated carbocycles. The Morgan fingerprint density at radius 1 is 1.37 bits per heavy atom. The Balaban J connectivity index is 2.12. The molecule has 1 N–H and O–H groups in total. The second-order valence-electron chi connectivity index (χ2n) is 4.69. The van der Waals surface area contributed by atoms with Crippen molar-refractivity contribution in [1.82, 2.24) is 15.1 Å². The summed E-state index contributed by atoms with van der Waals surface area (Å²) >= 11 is 3.65. The van der Waals surface area contributed by atoms with Crippen molar-refractivity contribution < 1.29 is 0 Å². The van der Waals surface area contributed by atoms with Gasteiger partial charge < -0.3 is 10.2 Å². The zero-order valence-electron chi connectivity index (χ0n) is 11.5. The number of hydrogen-bond donors (Lipinski definition) is 1. The third kappa shape index (κ3) is 3.58. The van der Waals surface area contributed by atoms with Crippen molar-refractivity contribution >= 4 is 21.6 Å². The molecule has 1 heterocycles. The van der Waals surface area contributed by atoms with E-state index in [0.29, 0.717) is 0 Å². The van der Waals surface area contributed by atoms with Gasteiger partial charge in [0.2, 0.25) is 0 Å². The average Bonchev–Trinajstić information content (AvgIpc) is 2.75. The summed E-state index contributed by atoms with van der Waals surface area (Å²) in [7, 11) is 5.98. The highest BCUT2D eigenvalue weighted by atomic mass is 79.9. The number of aryl methyl sites for hydroxylation is 1. The molecule has 5 heteroatoms. The highest BCUT2D eigenvalue weighted by Crippen LogP contribution is 2.27. The predicted octanol–water partition coefficient (Wildman–Crippen LogP) is 2.54. The van der Waals surface area contributed by atoms with E-state index in [1.165, 1.54) is 16.8 Å². The van der Waals surface area contributed by atoms with Crippen LogP contribution in [0.2, 0.25) is 0 Å². The molecule has 2 rings (SSSR count). The summed E-state index contributed by atoms with van der Waals surface area (Å²) in [4.78, 5) is 2.21. The van der Waals surface area contributed by atoms with Crippen LogP contribution in [0.15, 0.2) is 35.1 Å². The second-order valence-corrected chi connectivity index (χ2v) is 5.55. The Bertz CT molecular complexity index is 550. The lowest BCUT2D eigenvalue weighted by atomic mass is 10.2. The second kappa shape index (κ2) is 6.21. The van der Waals surface area contributed by atoms with Crippen molar-refractivity contribution in [2.45, 2.75) is 13.1 Å². The van der Waals surface area contributed by atoms with Gasteiger partial charge in [0.25, 0.3) is 0 Å². The molecule has 102 valence electrons. The number of nitrogens with zero attached hydrogens (tertiary/aromatic N) is 3. The minimum Gasteiger partial charge on any atom is -0.369 e. The zero-order valence-corrected chi connectivity index (χ0v) is 13.1. The van der Waals surface area contributed by atoms with Gasteiger partial charge in [-0.3, -0.25) is 4.68 Å². The first-order chi connectivity index (χ1) is 9.10. The number of halogens is 1. The van der Waals surface area contributed by atoms with Crippen molar-refractivity contribution in [1.29, 1.82) is 0 Å². The first-order valence-corrected chi connectivity index (χ1v) is 7.01. The van der Waals surface area contributed by atoms with Crippen molar-refractivity contribution in [3.8, 4) is 0 Å². The molecular weight excluding hydrogens is 304 g/mol. The molecule has 0 unspecified atom stereocenters. The largest absolute Gasteiger partial charge is 0.369 e. The third-order valence-electron chi connectivity index (χ3n) is 2.98. The van der Waals surface area contributed by atoms with Gasteiger partial charge >= 0.3 is 0 Å². The van der Waals surface area contributed by atoms with E-state index in [9.17, 15) is 0 Å². The Kier molecular flexibility index (Phi) is 4.61. The van der Waals surface area contributed by atoms with E-state index in [2.05, 4.69) is 56.5 Å². The Morgan fingerprint density at radius 3 is 2.74 bits per heavy atom. The van der Waals surface area contributed by atoms with Crippen LogP contribution in [-0.4, -0.2) is 23.9 Å². The van der Waals surface area contributed by atoms with Gasteiger partial charge in [0.05, 0.1) is 11.9 Å². The van der Waals surface area contributed by atoms with Gasteiger partial charge in [-0.05, 0) is 40.7 Å². The third-order valence-corrected chi connectivity index (χ3v) is 3.62. The molecule has 0 saturated heterocycles. The zero-order chi connectivity index (χ0) is 13.8. The van der Waals surface area contributed by atoms with Crippen LogP contribution in [0.5, 0.6) is 0 Å². The molecule has 1 aromatic carbocycles. The fraction of sp³-hybridized carbons (Fsp3) is 0.357. The fourth-order valence-corrected chi connectivity index (χ4v) is 2.82. The smallest absolute Gasteiger partial charge is 0.0539 e. The van der Waals surface area contributed by atoms with Crippen LogP contribution >= 0.6 is 15.9 Å². The van der Waals surface area contributed by atoms with Crippen LogP contribution in [0.4, 0.5) is 5.69 Å². The van der Waals surface area contributed by atoms with Crippen molar-refractivity contribution in [2.75, 3.05) is 19.0 Å². The van der Waals surface area contributed by atoms with E-state index in [1.54, 1.807) is 0 Å². The van der Waals surface area contributed by atoms with Crippen LogP contribution in [0.1, 0.15) is 11.1 Å². The molecular formula is C14H19BrN4. The highest BCUT2D eigenvalue weighted by molar-refractivity contribution is 9.10. The molecule has 0 spiro atoms. The molecule has 0 fully saturated rings. The lowest BCUT2D eigenvalue weighted by Gasteiger charge is -2.20. The summed E-state index contributed by atoms with van der Waals surface area (Å²) in [6.07, 6.45) is 3.94. The molecule has 1 aromatic heterocycles. The molecule has 0 atom stereocenters. The number of hydrogen-bond acceptors (Lipinski definition) is 3. The van der Waals surface area contributed by atoms with Crippen LogP contribution in [-0.2, 0) is 20.1 Å². The first kappa shape index (κ1) is 14.1. The first-order valence-electron chi connectivity index (χ1n) is 6.22. The van der Waals surface area contributed by atoms with E-state index in [0.717, 1.165) is 17.6 Å². The van der Waals surface area contributed by atoms with Gasteiger partial charge in [-0.15, -0.1) is 0 Å². The topological polar surface area (TPSA) is 33.1 Å². The number of aromatic nitrogens is 2. The molecule has 0 amide bonds. The Hall–Kier alpha value is -1.33. The van der Waals surface area contributed by atoms with Crippen LogP contribution in [0.3, 0.4) is 0 Å². The van der Waals surface area contributed by atoms with Gasteiger partial charge in [0.1, 0.15) is 0 Å². The molecule has 0 aliphatic carbocycles. The Morgan fingerprint density at radius 2 is 2.16 bits per heavy atom. The average molecular weight is 323 g/mol. The van der Waals surface area contributed by atoms with Gasteiger partial charge in [0, 0.05) is 43.4 Å².